The number of hydrogen-bond donors (Lipinski definition) is 2. The van der Waals surface area contributed by atoms with Crippen molar-refractivity contribution in [1.82, 2.24) is 20.8 Å². The molecule has 1 aromatic heterocycles. The topological polar surface area (TPSA) is 79.4 Å². The molecule has 0 unspecified atom stereocenters. The predicted octanol–water partition coefficient (Wildman–Crippen LogP) is 1.23. The molecule has 126 valence electrons. The normalized spacial score (nSPS) is 14.5. The summed E-state index contributed by atoms with van der Waals surface area (Å²) in [5.74, 6) is 0.560. The number of nitrogens with one attached hydrogen (secondary N) is 2. The van der Waals surface area contributed by atoms with E-state index in [1.54, 1.807) is 18.3 Å². The lowest BCUT2D eigenvalue weighted by atomic mass is 10.1. The molecule has 7 heteroatoms. The first-order valence-electron chi connectivity index (χ1n) is 8.07. The predicted molar refractivity (Wildman–Crippen MR) is 91.6 cm³/mol. The van der Waals surface area contributed by atoms with Crippen LogP contribution >= 0.6 is 0 Å². The van der Waals surface area contributed by atoms with Crippen molar-refractivity contribution in [3.63, 3.8) is 0 Å². The van der Waals surface area contributed by atoms with Gasteiger partial charge in [0.05, 0.1) is 18.9 Å². The first-order valence-corrected chi connectivity index (χ1v) is 8.07. The SMILES string of the molecule is CCNNC(=O)c1ccc(-c2ccnc(N3CCOCC3)n2)cc1. The van der Waals surface area contributed by atoms with Crippen molar-refractivity contribution in [3.8, 4) is 11.3 Å². The van der Waals surface area contributed by atoms with E-state index in [-0.39, 0.29) is 5.91 Å². The van der Waals surface area contributed by atoms with E-state index in [2.05, 4.69) is 25.7 Å². The van der Waals surface area contributed by atoms with Gasteiger partial charge in [0.1, 0.15) is 0 Å². The fourth-order valence-corrected chi connectivity index (χ4v) is 2.46. The minimum Gasteiger partial charge on any atom is -0.378 e. The number of hydrazine groups is 1. The van der Waals surface area contributed by atoms with Gasteiger partial charge in [-0.15, -0.1) is 0 Å². The maximum absolute atomic E-state index is 11.9. The highest BCUT2D eigenvalue weighted by atomic mass is 16.5. The molecule has 1 aromatic carbocycles. The lowest BCUT2D eigenvalue weighted by molar-refractivity contribution is 0.0934. The molecule has 2 aromatic rings. The quantitative estimate of drug-likeness (QED) is 0.804. The van der Waals surface area contributed by atoms with Gasteiger partial charge in [0.25, 0.3) is 5.91 Å². The Morgan fingerprint density at radius 2 is 1.96 bits per heavy atom. The summed E-state index contributed by atoms with van der Waals surface area (Å²) in [5, 5.41) is 0. The van der Waals surface area contributed by atoms with Gasteiger partial charge in [-0.25, -0.2) is 15.4 Å². The lowest BCUT2D eigenvalue weighted by Crippen LogP contribution is -2.37. The molecule has 0 atom stereocenters. The molecule has 2 heterocycles. The molecule has 7 nitrogen and oxygen atoms in total. The summed E-state index contributed by atoms with van der Waals surface area (Å²) in [6.45, 7) is 5.59. The first kappa shape index (κ1) is 16.4. The second kappa shape index (κ2) is 7.85. The van der Waals surface area contributed by atoms with E-state index in [0.717, 1.165) is 24.3 Å². The summed E-state index contributed by atoms with van der Waals surface area (Å²) >= 11 is 0. The van der Waals surface area contributed by atoms with Crippen molar-refractivity contribution in [2.75, 3.05) is 37.7 Å². The summed E-state index contributed by atoms with van der Waals surface area (Å²) in [4.78, 5) is 23.0. The standard InChI is InChI=1S/C17H21N5O2/c1-2-19-21-16(23)14-5-3-13(4-6-14)15-7-8-18-17(20-15)22-9-11-24-12-10-22/h3-8,19H,2,9-12H2,1H3,(H,21,23). The maximum Gasteiger partial charge on any atom is 0.265 e. The van der Waals surface area contributed by atoms with Crippen LogP contribution in [0.25, 0.3) is 11.3 Å². The molecular weight excluding hydrogens is 306 g/mol. The Morgan fingerprint density at radius 3 is 2.67 bits per heavy atom. The van der Waals surface area contributed by atoms with Crippen LogP contribution in [-0.4, -0.2) is 48.7 Å². The average Bonchev–Trinajstić information content (AvgIpc) is 2.67. The fourth-order valence-electron chi connectivity index (χ4n) is 2.46. The smallest absolute Gasteiger partial charge is 0.265 e. The van der Waals surface area contributed by atoms with E-state index >= 15 is 0 Å². The van der Waals surface area contributed by atoms with Gasteiger partial charge in [-0.05, 0) is 18.2 Å². The number of rotatable bonds is 5. The van der Waals surface area contributed by atoms with E-state index < -0.39 is 0 Å². The van der Waals surface area contributed by atoms with Gasteiger partial charge in [0.15, 0.2) is 0 Å². The van der Waals surface area contributed by atoms with Crippen LogP contribution in [0.3, 0.4) is 0 Å². The van der Waals surface area contributed by atoms with Crippen LogP contribution in [0.2, 0.25) is 0 Å². The Bertz CT molecular complexity index is 684. The van der Waals surface area contributed by atoms with E-state index in [0.29, 0.717) is 31.3 Å². The van der Waals surface area contributed by atoms with Gasteiger partial charge in [-0.2, -0.15) is 0 Å². The van der Waals surface area contributed by atoms with E-state index in [9.17, 15) is 4.79 Å². The number of ether oxygens (including phenoxy) is 1. The number of benzene rings is 1. The van der Waals surface area contributed by atoms with E-state index in [1.807, 2.05) is 25.1 Å². The van der Waals surface area contributed by atoms with Gasteiger partial charge < -0.3 is 9.64 Å². The van der Waals surface area contributed by atoms with Crippen LogP contribution in [0.4, 0.5) is 5.95 Å². The molecule has 0 aliphatic carbocycles. The van der Waals surface area contributed by atoms with Crippen LogP contribution in [0.5, 0.6) is 0 Å². The Morgan fingerprint density at radius 1 is 1.21 bits per heavy atom. The second-order valence-corrected chi connectivity index (χ2v) is 5.40. The highest BCUT2D eigenvalue weighted by molar-refractivity contribution is 5.94. The van der Waals surface area contributed by atoms with Crippen LogP contribution < -0.4 is 15.8 Å². The Balaban J connectivity index is 1.75. The molecule has 1 aliphatic rings. The molecule has 1 amide bonds. The molecule has 3 rings (SSSR count). The zero-order valence-electron chi connectivity index (χ0n) is 13.7. The third kappa shape index (κ3) is 3.87. The van der Waals surface area contributed by atoms with Crippen molar-refractivity contribution in [2.24, 2.45) is 0 Å². The minimum atomic E-state index is -0.153. The summed E-state index contributed by atoms with van der Waals surface area (Å²) in [6, 6.07) is 9.24. The van der Waals surface area contributed by atoms with Gasteiger partial charge in [-0.3, -0.25) is 10.2 Å². The molecule has 1 saturated heterocycles. The van der Waals surface area contributed by atoms with Gasteiger partial charge in [0.2, 0.25) is 5.95 Å². The van der Waals surface area contributed by atoms with Gasteiger partial charge in [0, 0.05) is 37.0 Å². The average molecular weight is 327 g/mol. The molecule has 24 heavy (non-hydrogen) atoms. The molecule has 0 bridgehead atoms. The molecule has 0 radical (unpaired) electrons. The van der Waals surface area contributed by atoms with Crippen molar-refractivity contribution >= 4 is 11.9 Å². The minimum absolute atomic E-state index is 0.153. The van der Waals surface area contributed by atoms with Crippen molar-refractivity contribution < 1.29 is 9.53 Å². The van der Waals surface area contributed by atoms with E-state index in [1.165, 1.54) is 0 Å². The van der Waals surface area contributed by atoms with Crippen molar-refractivity contribution in [2.45, 2.75) is 6.92 Å². The highest BCUT2D eigenvalue weighted by Crippen LogP contribution is 2.20. The molecule has 1 aliphatic heterocycles. The number of carbonyl (C=O) groups is 1. The number of hydrogen-bond acceptors (Lipinski definition) is 6. The van der Waals surface area contributed by atoms with E-state index in [4.69, 9.17) is 4.74 Å². The number of aromatic nitrogens is 2. The Hall–Kier alpha value is -2.51. The zero-order valence-corrected chi connectivity index (χ0v) is 13.7. The largest absolute Gasteiger partial charge is 0.378 e. The van der Waals surface area contributed by atoms with Gasteiger partial charge >= 0.3 is 0 Å². The van der Waals surface area contributed by atoms with Crippen LogP contribution in [0.1, 0.15) is 17.3 Å². The molecule has 2 N–H and O–H groups in total. The number of anilines is 1. The number of carbonyl (C=O) groups excluding carboxylic acids is 1. The maximum atomic E-state index is 11.9. The zero-order chi connectivity index (χ0) is 16.8. The lowest BCUT2D eigenvalue weighted by Gasteiger charge is -2.26. The molecule has 1 fully saturated rings. The Labute approximate surface area is 141 Å². The second-order valence-electron chi connectivity index (χ2n) is 5.40. The summed E-state index contributed by atoms with van der Waals surface area (Å²) in [7, 11) is 0. The summed E-state index contributed by atoms with van der Waals surface area (Å²) in [5.41, 5.74) is 7.82. The number of amides is 1. The fraction of sp³-hybridized carbons (Fsp3) is 0.353. The van der Waals surface area contributed by atoms with Gasteiger partial charge in [-0.1, -0.05) is 19.1 Å². The van der Waals surface area contributed by atoms with Crippen molar-refractivity contribution in [1.29, 1.82) is 0 Å². The number of morpholine rings is 1. The Kier molecular flexibility index (Phi) is 5.35. The monoisotopic (exact) mass is 327 g/mol. The van der Waals surface area contributed by atoms with Crippen LogP contribution in [0.15, 0.2) is 36.5 Å². The molecule has 0 saturated carbocycles. The third-order valence-corrected chi connectivity index (χ3v) is 3.76. The highest BCUT2D eigenvalue weighted by Gasteiger charge is 2.14. The number of nitrogens with zero attached hydrogens (tertiary/aromatic N) is 3. The van der Waals surface area contributed by atoms with Crippen LogP contribution in [0, 0.1) is 0 Å². The first-order chi connectivity index (χ1) is 11.8. The van der Waals surface area contributed by atoms with Crippen LogP contribution in [-0.2, 0) is 4.74 Å². The summed E-state index contributed by atoms with van der Waals surface area (Å²) in [6.07, 6.45) is 1.76. The molecule has 0 spiro atoms. The van der Waals surface area contributed by atoms with Crippen molar-refractivity contribution in [3.05, 3.63) is 42.1 Å². The third-order valence-electron chi connectivity index (χ3n) is 3.76. The summed E-state index contributed by atoms with van der Waals surface area (Å²) < 4.78 is 5.36. The molecular formula is C17H21N5O2.